The van der Waals surface area contributed by atoms with Crippen LogP contribution in [0.2, 0.25) is 10.0 Å². The van der Waals surface area contributed by atoms with Crippen molar-refractivity contribution in [2.45, 2.75) is 27.0 Å². The van der Waals surface area contributed by atoms with Gasteiger partial charge in [-0.2, -0.15) is 0 Å². The van der Waals surface area contributed by atoms with Crippen molar-refractivity contribution in [1.82, 2.24) is 5.32 Å². The van der Waals surface area contributed by atoms with E-state index in [1.165, 1.54) is 0 Å². The molecule has 3 aromatic carbocycles. The molecule has 3 rings (SSSR count). The van der Waals surface area contributed by atoms with Gasteiger partial charge in [-0.1, -0.05) is 47.5 Å². The zero-order chi connectivity index (χ0) is 21.5. The Morgan fingerprint density at radius 1 is 0.933 bits per heavy atom. The summed E-state index contributed by atoms with van der Waals surface area (Å²) in [5.41, 5.74) is 3.16. The summed E-state index contributed by atoms with van der Waals surface area (Å²) in [6.07, 6.45) is 0. The monoisotopic (exact) mass is 443 g/mol. The van der Waals surface area contributed by atoms with Gasteiger partial charge in [0.2, 0.25) is 0 Å². The summed E-state index contributed by atoms with van der Waals surface area (Å²) >= 11 is 12.1. The summed E-state index contributed by atoms with van der Waals surface area (Å²) in [6.45, 7) is 5.03. The molecule has 0 heterocycles. The van der Waals surface area contributed by atoms with Crippen molar-refractivity contribution in [1.29, 1.82) is 0 Å². The number of para-hydroxylation sites is 1. The average Bonchev–Trinajstić information content (AvgIpc) is 2.73. The summed E-state index contributed by atoms with van der Waals surface area (Å²) < 4.78 is 11.7. The van der Waals surface area contributed by atoms with E-state index in [9.17, 15) is 4.79 Å². The van der Waals surface area contributed by atoms with Crippen LogP contribution in [0.15, 0.2) is 60.7 Å². The molecule has 4 nitrogen and oxygen atoms in total. The van der Waals surface area contributed by atoms with Gasteiger partial charge in [0.15, 0.2) is 0 Å². The minimum absolute atomic E-state index is 0.207. The normalized spacial score (nSPS) is 10.5. The van der Waals surface area contributed by atoms with E-state index in [1.54, 1.807) is 36.4 Å². The number of amides is 1. The van der Waals surface area contributed by atoms with Crippen LogP contribution in [0.5, 0.6) is 11.5 Å². The highest BCUT2D eigenvalue weighted by Gasteiger charge is 2.12. The van der Waals surface area contributed by atoms with Gasteiger partial charge in [0, 0.05) is 27.7 Å². The lowest BCUT2D eigenvalue weighted by molar-refractivity contribution is 0.0950. The molecule has 0 fully saturated rings. The van der Waals surface area contributed by atoms with Gasteiger partial charge in [0.05, 0.1) is 6.61 Å². The molecule has 3 aromatic rings. The van der Waals surface area contributed by atoms with E-state index in [4.69, 9.17) is 32.7 Å². The van der Waals surface area contributed by atoms with Crippen molar-refractivity contribution in [2.75, 3.05) is 6.61 Å². The number of ether oxygens (including phenoxy) is 2. The van der Waals surface area contributed by atoms with Crippen LogP contribution in [-0.4, -0.2) is 12.5 Å². The highest BCUT2D eigenvalue weighted by Crippen LogP contribution is 2.25. The standard InChI is InChI=1S/C24H23Cl2NO3/c1-3-29-23-11-9-17(12-19(23)15-30-22-7-5-4-6-16(22)2)24(28)27-14-18-8-10-20(25)13-21(18)26/h4-13H,3,14-15H2,1-2H3,(H,27,28). The first-order valence-corrected chi connectivity index (χ1v) is 10.4. The van der Waals surface area contributed by atoms with E-state index < -0.39 is 0 Å². The summed E-state index contributed by atoms with van der Waals surface area (Å²) in [5, 5.41) is 3.96. The fourth-order valence-electron chi connectivity index (χ4n) is 2.95. The molecule has 156 valence electrons. The number of aryl methyl sites for hydroxylation is 1. The molecular formula is C24H23Cl2NO3. The Kier molecular flexibility index (Phi) is 7.61. The number of hydrogen-bond donors (Lipinski definition) is 1. The third-order valence-corrected chi connectivity index (χ3v) is 5.14. The predicted octanol–water partition coefficient (Wildman–Crippen LogP) is 6.21. The first kappa shape index (κ1) is 22.0. The fraction of sp³-hybridized carbons (Fsp3) is 0.208. The number of carbonyl (C=O) groups excluding carboxylic acids is 1. The number of nitrogens with one attached hydrogen (secondary N) is 1. The maximum absolute atomic E-state index is 12.7. The molecule has 0 atom stereocenters. The van der Waals surface area contributed by atoms with Gasteiger partial charge in [-0.05, 0) is 61.4 Å². The Morgan fingerprint density at radius 2 is 1.73 bits per heavy atom. The van der Waals surface area contributed by atoms with E-state index in [1.807, 2.05) is 38.1 Å². The van der Waals surface area contributed by atoms with E-state index in [0.29, 0.717) is 41.1 Å². The molecule has 0 bridgehead atoms. The number of carbonyl (C=O) groups is 1. The van der Waals surface area contributed by atoms with Crippen LogP contribution in [-0.2, 0) is 13.2 Å². The van der Waals surface area contributed by atoms with E-state index in [2.05, 4.69) is 5.32 Å². The third-order valence-electron chi connectivity index (χ3n) is 4.55. The van der Waals surface area contributed by atoms with Crippen LogP contribution in [0, 0.1) is 6.92 Å². The smallest absolute Gasteiger partial charge is 0.251 e. The molecule has 0 saturated heterocycles. The highest BCUT2D eigenvalue weighted by molar-refractivity contribution is 6.35. The van der Waals surface area contributed by atoms with Crippen molar-refractivity contribution in [3.63, 3.8) is 0 Å². The van der Waals surface area contributed by atoms with E-state index in [-0.39, 0.29) is 5.91 Å². The Labute approximate surface area is 186 Å². The Hall–Kier alpha value is -2.69. The van der Waals surface area contributed by atoms with Gasteiger partial charge < -0.3 is 14.8 Å². The van der Waals surface area contributed by atoms with Crippen LogP contribution < -0.4 is 14.8 Å². The van der Waals surface area contributed by atoms with Gasteiger partial charge in [0.25, 0.3) is 5.91 Å². The van der Waals surface area contributed by atoms with Crippen LogP contribution in [0.4, 0.5) is 0 Å². The summed E-state index contributed by atoms with van der Waals surface area (Å²) in [6, 6.07) is 18.3. The maximum Gasteiger partial charge on any atom is 0.251 e. The second kappa shape index (κ2) is 10.4. The Morgan fingerprint density at radius 3 is 2.47 bits per heavy atom. The predicted molar refractivity (Wildman–Crippen MR) is 121 cm³/mol. The second-order valence-electron chi connectivity index (χ2n) is 6.73. The molecule has 30 heavy (non-hydrogen) atoms. The molecule has 0 aliphatic rings. The number of rotatable bonds is 8. The summed E-state index contributed by atoms with van der Waals surface area (Å²) in [7, 11) is 0. The zero-order valence-corrected chi connectivity index (χ0v) is 18.4. The van der Waals surface area contributed by atoms with Gasteiger partial charge >= 0.3 is 0 Å². The first-order chi connectivity index (χ1) is 14.5. The fourth-order valence-corrected chi connectivity index (χ4v) is 3.42. The number of halogens is 2. The lowest BCUT2D eigenvalue weighted by Crippen LogP contribution is -2.23. The van der Waals surface area contributed by atoms with Crippen molar-refractivity contribution in [3.05, 3.63) is 93.0 Å². The molecule has 1 amide bonds. The lowest BCUT2D eigenvalue weighted by atomic mass is 10.1. The molecule has 0 spiro atoms. The van der Waals surface area contributed by atoms with Crippen molar-refractivity contribution in [2.24, 2.45) is 0 Å². The number of hydrogen-bond acceptors (Lipinski definition) is 3. The zero-order valence-electron chi connectivity index (χ0n) is 16.9. The second-order valence-corrected chi connectivity index (χ2v) is 7.57. The van der Waals surface area contributed by atoms with E-state index in [0.717, 1.165) is 22.4 Å². The van der Waals surface area contributed by atoms with E-state index >= 15 is 0 Å². The van der Waals surface area contributed by atoms with Crippen LogP contribution in [0.3, 0.4) is 0 Å². The molecule has 0 unspecified atom stereocenters. The van der Waals surface area contributed by atoms with Gasteiger partial charge in [-0.15, -0.1) is 0 Å². The Bertz CT molecular complexity index is 1040. The van der Waals surface area contributed by atoms with Crippen molar-refractivity contribution >= 4 is 29.1 Å². The van der Waals surface area contributed by atoms with Crippen LogP contribution in [0.25, 0.3) is 0 Å². The van der Waals surface area contributed by atoms with Gasteiger partial charge in [-0.25, -0.2) is 0 Å². The van der Waals surface area contributed by atoms with Crippen molar-refractivity contribution in [3.8, 4) is 11.5 Å². The summed E-state index contributed by atoms with van der Waals surface area (Å²) in [4.78, 5) is 12.7. The molecule has 0 radical (unpaired) electrons. The largest absolute Gasteiger partial charge is 0.493 e. The van der Waals surface area contributed by atoms with Crippen LogP contribution >= 0.6 is 23.2 Å². The van der Waals surface area contributed by atoms with Crippen LogP contribution in [0.1, 0.15) is 34.0 Å². The average molecular weight is 444 g/mol. The maximum atomic E-state index is 12.7. The molecule has 0 aliphatic heterocycles. The Balaban J connectivity index is 1.73. The molecule has 0 saturated carbocycles. The number of benzene rings is 3. The lowest BCUT2D eigenvalue weighted by Gasteiger charge is -2.14. The van der Waals surface area contributed by atoms with Crippen molar-refractivity contribution < 1.29 is 14.3 Å². The molecular weight excluding hydrogens is 421 g/mol. The third kappa shape index (κ3) is 5.68. The quantitative estimate of drug-likeness (QED) is 0.450. The van der Waals surface area contributed by atoms with Gasteiger partial charge in [0.1, 0.15) is 18.1 Å². The first-order valence-electron chi connectivity index (χ1n) is 9.64. The molecule has 0 aromatic heterocycles. The van der Waals surface area contributed by atoms with Gasteiger partial charge in [-0.3, -0.25) is 4.79 Å². The molecule has 1 N–H and O–H groups in total. The highest BCUT2D eigenvalue weighted by atomic mass is 35.5. The minimum Gasteiger partial charge on any atom is -0.493 e. The molecule has 6 heteroatoms. The SMILES string of the molecule is CCOc1ccc(C(=O)NCc2ccc(Cl)cc2Cl)cc1COc1ccccc1C. The minimum atomic E-state index is -0.207. The summed E-state index contributed by atoms with van der Waals surface area (Å²) in [5.74, 6) is 1.29. The topological polar surface area (TPSA) is 47.6 Å². The molecule has 0 aliphatic carbocycles.